The number of para-hydroxylation sites is 2. The van der Waals surface area contributed by atoms with E-state index >= 15 is 0 Å². The summed E-state index contributed by atoms with van der Waals surface area (Å²) in [6.45, 7) is 8.66. The highest BCUT2D eigenvalue weighted by molar-refractivity contribution is 5.95. The van der Waals surface area contributed by atoms with E-state index in [2.05, 4.69) is 26.1 Å². The number of carbonyl (C=O) groups is 1. The summed E-state index contributed by atoms with van der Waals surface area (Å²) >= 11 is 0. The second-order valence-electron chi connectivity index (χ2n) is 8.29. The molecule has 1 amide bonds. The zero-order chi connectivity index (χ0) is 21.6. The van der Waals surface area contributed by atoms with Crippen molar-refractivity contribution in [3.05, 3.63) is 90.0 Å². The molecule has 1 unspecified atom stereocenters. The van der Waals surface area contributed by atoms with E-state index in [1.165, 1.54) is 5.56 Å². The van der Waals surface area contributed by atoms with Gasteiger partial charge in [-0.3, -0.25) is 4.79 Å². The Morgan fingerprint density at radius 3 is 2.20 bits per heavy atom. The van der Waals surface area contributed by atoms with E-state index in [0.717, 1.165) is 5.56 Å². The molecule has 4 nitrogen and oxygen atoms in total. The molecule has 0 aliphatic heterocycles. The minimum absolute atomic E-state index is 0.0744. The highest BCUT2D eigenvalue weighted by Crippen LogP contribution is 2.26. The SMILES string of the molecule is CC(Oc1ccc(C(C)(C)C)cc1)C(=O)Nc1ccccc1OCc1ccccc1. The zero-order valence-corrected chi connectivity index (χ0v) is 18.0. The van der Waals surface area contributed by atoms with Gasteiger partial charge in [0.15, 0.2) is 6.10 Å². The first-order valence-corrected chi connectivity index (χ1v) is 10.2. The number of rotatable bonds is 7. The number of amides is 1. The lowest BCUT2D eigenvalue weighted by molar-refractivity contribution is -0.122. The Kier molecular flexibility index (Phi) is 6.78. The van der Waals surface area contributed by atoms with E-state index in [-0.39, 0.29) is 11.3 Å². The molecule has 0 aromatic heterocycles. The highest BCUT2D eigenvalue weighted by Gasteiger charge is 2.18. The van der Waals surface area contributed by atoms with Crippen molar-refractivity contribution in [2.45, 2.75) is 45.8 Å². The standard InChI is InChI=1S/C26H29NO3/c1-19(30-22-16-14-21(15-17-22)26(2,3)4)25(28)27-23-12-8-9-13-24(23)29-18-20-10-6-5-7-11-20/h5-17,19H,18H2,1-4H3,(H,27,28). The van der Waals surface area contributed by atoms with Gasteiger partial charge in [0, 0.05) is 0 Å². The Morgan fingerprint density at radius 1 is 0.900 bits per heavy atom. The fourth-order valence-electron chi connectivity index (χ4n) is 2.96. The van der Waals surface area contributed by atoms with Crippen LogP contribution in [-0.4, -0.2) is 12.0 Å². The van der Waals surface area contributed by atoms with E-state index < -0.39 is 6.10 Å². The lowest BCUT2D eigenvalue weighted by atomic mass is 9.87. The van der Waals surface area contributed by atoms with E-state index in [1.807, 2.05) is 78.9 Å². The van der Waals surface area contributed by atoms with E-state index in [1.54, 1.807) is 6.92 Å². The van der Waals surface area contributed by atoms with Crippen LogP contribution >= 0.6 is 0 Å². The molecule has 3 aromatic rings. The number of nitrogens with one attached hydrogen (secondary N) is 1. The first-order chi connectivity index (χ1) is 14.3. The first kappa shape index (κ1) is 21.4. The third kappa shape index (κ3) is 5.86. The third-order valence-electron chi connectivity index (χ3n) is 4.78. The molecule has 30 heavy (non-hydrogen) atoms. The lowest BCUT2D eigenvalue weighted by Gasteiger charge is -2.20. The van der Waals surface area contributed by atoms with Crippen LogP contribution in [0.5, 0.6) is 11.5 Å². The molecule has 156 valence electrons. The summed E-state index contributed by atoms with van der Waals surface area (Å²) in [5.41, 5.74) is 2.98. The molecule has 0 spiro atoms. The maximum atomic E-state index is 12.7. The summed E-state index contributed by atoms with van der Waals surface area (Å²) in [5, 5.41) is 2.91. The predicted molar refractivity (Wildman–Crippen MR) is 121 cm³/mol. The largest absolute Gasteiger partial charge is 0.487 e. The fraction of sp³-hybridized carbons (Fsp3) is 0.269. The van der Waals surface area contributed by atoms with Gasteiger partial charge in [0.05, 0.1) is 5.69 Å². The van der Waals surface area contributed by atoms with Gasteiger partial charge in [-0.25, -0.2) is 0 Å². The van der Waals surface area contributed by atoms with Crippen LogP contribution in [0.15, 0.2) is 78.9 Å². The van der Waals surface area contributed by atoms with Crippen LogP contribution in [-0.2, 0) is 16.8 Å². The minimum atomic E-state index is -0.646. The molecule has 0 radical (unpaired) electrons. The number of carbonyl (C=O) groups excluding carboxylic acids is 1. The summed E-state index contributed by atoms with van der Waals surface area (Å²) in [6.07, 6.45) is -0.646. The quantitative estimate of drug-likeness (QED) is 0.529. The predicted octanol–water partition coefficient (Wildman–Crippen LogP) is 5.97. The van der Waals surface area contributed by atoms with Gasteiger partial charge < -0.3 is 14.8 Å². The van der Waals surface area contributed by atoms with Crippen LogP contribution in [0, 0.1) is 0 Å². The molecule has 0 aliphatic carbocycles. The van der Waals surface area contributed by atoms with E-state index in [4.69, 9.17) is 9.47 Å². The number of ether oxygens (including phenoxy) is 2. The molecule has 0 heterocycles. The molecule has 0 saturated heterocycles. The van der Waals surface area contributed by atoms with Crippen LogP contribution in [0.1, 0.15) is 38.8 Å². The summed E-state index contributed by atoms with van der Waals surface area (Å²) in [7, 11) is 0. The van der Waals surface area contributed by atoms with Crippen molar-refractivity contribution in [1.82, 2.24) is 0 Å². The van der Waals surface area contributed by atoms with Crippen molar-refractivity contribution in [1.29, 1.82) is 0 Å². The normalized spacial score (nSPS) is 12.1. The average Bonchev–Trinajstić information content (AvgIpc) is 2.73. The van der Waals surface area contributed by atoms with Crippen molar-refractivity contribution in [3.8, 4) is 11.5 Å². The van der Waals surface area contributed by atoms with Gasteiger partial charge in [-0.05, 0) is 47.7 Å². The van der Waals surface area contributed by atoms with E-state index in [9.17, 15) is 4.79 Å². The Labute approximate surface area is 178 Å². The van der Waals surface area contributed by atoms with Crippen LogP contribution in [0.2, 0.25) is 0 Å². The molecule has 1 atom stereocenters. The van der Waals surface area contributed by atoms with Crippen molar-refractivity contribution in [3.63, 3.8) is 0 Å². The molecule has 0 fully saturated rings. The number of benzene rings is 3. The van der Waals surface area contributed by atoms with Gasteiger partial charge >= 0.3 is 0 Å². The lowest BCUT2D eigenvalue weighted by Crippen LogP contribution is -2.30. The second kappa shape index (κ2) is 9.49. The van der Waals surface area contributed by atoms with Gasteiger partial charge in [-0.2, -0.15) is 0 Å². The Morgan fingerprint density at radius 2 is 1.53 bits per heavy atom. The van der Waals surface area contributed by atoms with Gasteiger partial charge in [0.1, 0.15) is 18.1 Å². The van der Waals surface area contributed by atoms with Crippen molar-refractivity contribution in [2.24, 2.45) is 0 Å². The molecule has 0 bridgehead atoms. The number of anilines is 1. The molecular weight excluding hydrogens is 374 g/mol. The van der Waals surface area contributed by atoms with Gasteiger partial charge in [-0.15, -0.1) is 0 Å². The zero-order valence-electron chi connectivity index (χ0n) is 18.0. The van der Waals surface area contributed by atoms with Crippen LogP contribution in [0.3, 0.4) is 0 Å². The molecule has 3 rings (SSSR count). The Balaban J connectivity index is 1.61. The van der Waals surface area contributed by atoms with Gasteiger partial charge in [-0.1, -0.05) is 75.4 Å². The average molecular weight is 404 g/mol. The monoisotopic (exact) mass is 403 g/mol. The van der Waals surface area contributed by atoms with Crippen molar-refractivity contribution < 1.29 is 14.3 Å². The van der Waals surface area contributed by atoms with Crippen LogP contribution in [0.4, 0.5) is 5.69 Å². The maximum Gasteiger partial charge on any atom is 0.265 e. The molecule has 3 aromatic carbocycles. The summed E-state index contributed by atoms with van der Waals surface area (Å²) in [4.78, 5) is 12.7. The Bertz CT molecular complexity index is 960. The smallest absolute Gasteiger partial charge is 0.265 e. The van der Waals surface area contributed by atoms with Gasteiger partial charge in [0.25, 0.3) is 5.91 Å². The third-order valence-corrected chi connectivity index (χ3v) is 4.78. The fourth-order valence-corrected chi connectivity index (χ4v) is 2.96. The molecular formula is C26H29NO3. The second-order valence-corrected chi connectivity index (χ2v) is 8.29. The summed E-state index contributed by atoms with van der Waals surface area (Å²) in [6, 6.07) is 25.2. The van der Waals surface area contributed by atoms with Crippen LogP contribution < -0.4 is 14.8 Å². The Hall–Kier alpha value is -3.27. The highest BCUT2D eigenvalue weighted by atomic mass is 16.5. The van der Waals surface area contributed by atoms with Crippen molar-refractivity contribution >= 4 is 11.6 Å². The molecule has 1 N–H and O–H groups in total. The molecule has 0 saturated carbocycles. The van der Waals surface area contributed by atoms with E-state index in [0.29, 0.717) is 23.8 Å². The van der Waals surface area contributed by atoms with Crippen LogP contribution in [0.25, 0.3) is 0 Å². The maximum absolute atomic E-state index is 12.7. The summed E-state index contributed by atoms with van der Waals surface area (Å²) < 4.78 is 11.7. The number of hydrogen-bond donors (Lipinski definition) is 1. The number of hydrogen-bond acceptors (Lipinski definition) is 3. The van der Waals surface area contributed by atoms with Gasteiger partial charge in [0.2, 0.25) is 0 Å². The molecule has 4 heteroatoms. The van der Waals surface area contributed by atoms with Crippen molar-refractivity contribution in [2.75, 3.05) is 5.32 Å². The topological polar surface area (TPSA) is 47.6 Å². The first-order valence-electron chi connectivity index (χ1n) is 10.2. The summed E-state index contributed by atoms with van der Waals surface area (Å²) in [5.74, 6) is 1.06. The minimum Gasteiger partial charge on any atom is -0.487 e. The molecule has 0 aliphatic rings.